The van der Waals surface area contributed by atoms with Crippen LogP contribution >= 0.6 is 0 Å². The van der Waals surface area contributed by atoms with Gasteiger partial charge in [-0.05, 0) is 25.1 Å². The van der Waals surface area contributed by atoms with Crippen molar-refractivity contribution >= 4 is 5.82 Å². The minimum absolute atomic E-state index is 0.536. The molecule has 4 nitrogen and oxygen atoms in total. The molecule has 0 radical (unpaired) electrons. The molecule has 0 aliphatic heterocycles. The van der Waals surface area contributed by atoms with E-state index in [4.69, 9.17) is 9.47 Å². The third kappa shape index (κ3) is 4.55. The molecule has 1 aromatic heterocycles. The summed E-state index contributed by atoms with van der Waals surface area (Å²) < 4.78 is 11.2. The third-order valence-electron chi connectivity index (χ3n) is 2.73. The molecule has 0 atom stereocenters. The average Bonchev–Trinajstić information content (AvgIpc) is 2.50. The van der Waals surface area contributed by atoms with Crippen LogP contribution in [0.5, 0.6) is 5.75 Å². The molecule has 0 saturated carbocycles. The molecule has 1 aromatic carbocycles. The summed E-state index contributed by atoms with van der Waals surface area (Å²) in [4.78, 5) is 4.29. The largest absolute Gasteiger partial charge is 0.491 e. The van der Waals surface area contributed by atoms with Crippen LogP contribution in [0.15, 0.2) is 48.7 Å². The minimum atomic E-state index is 0.536. The second kappa shape index (κ2) is 8.17. The van der Waals surface area contributed by atoms with Gasteiger partial charge in [0.15, 0.2) is 0 Å². The van der Waals surface area contributed by atoms with Crippen molar-refractivity contribution in [3.05, 3.63) is 54.2 Å². The Hall–Kier alpha value is -2.07. The van der Waals surface area contributed by atoms with E-state index in [1.807, 2.05) is 49.4 Å². The van der Waals surface area contributed by atoms with E-state index in [1.54, 1.807) is 6.20 Å². The van der Waals surface area contributed by atoms with Crippen molar-refractivity contribution in [3.63, 3.8) is 0 Å². The summed E-state index contributed by atoms with van der Waals surface area (Å²) in [5.74, 6) is 1.75. The fourth-order valence-corrected chi connectivity index (χ4v) is 1.80. The molecule has 0 bridgehead atoms. The van der Waals surface area contributed by atoms with Gasteiger partial charge < -0.3 is 14.8 Å². The van der Waals surface area contributed by atoms with Crippen LogP contribution in [0.2, 0.25) is 0 Å². The quantitative estimate of drug-likeness (QED) is 0.750. The molecule has 0 aliphatic rings. The van der Waals surface area contributed by atoms with Gasteiger partial charge in [0.2, 0.25) is 0 Å². The number of nitrogens with zero attached hydrogens (tertiary/aromatic N) is 1. The second-order valence-corrected chi connectivity index (χ2v) is 4.26. The van der Waals surface area contributed by atoms with Crippen molar-refractivity contribution < 1.29 is 9.47 Å². The number of pyridine rings is 1. The van der Waals surface area contributed by atoms with Crippen LogP contribution in [0, 0.1) is 0 Å². The standard InChI is InChI=1S/C16H20N2O2/c1-2-17-16-14(7-6-10-18-16)13-19-11-12-20-15-8-4-3-5-9-15/h3-10H,2,11-13H2,1H3,(H,17,18). The van der Waals surface area contributed by atoms with Gasteiger partial charge in [0.1, 0.15) is 18.2 Å². The van der Waals surface area contributed by atoms with Crippen LogP contribution in [0.25, 0.3) is 0 Å². The molecule has 106 valence electrons. The van der Waals surface area contributed by atoms with Gasteiger partial charge >= 0.3 is 0 Å². The number of para-hydroxylation sites is 1. The number of ether oxygens (including phenoxy) is 2. The summed E-state index contributed by atoms with van der Waals surface area (Å²) in [6.07, 6.45) is 1.78. The van der Waals surface area contributed by atoms with Crippen LogP contribution < -0.4 is 10.1 Å². The highest BCUT2D eigenvalue weighted by molar-refractivity contribution is 5.42. The first-order chi connectivity index (χ1) is 9.90. The predicted molar refractivity (Wildman–Crippen MR) is 80.0 cm³/mol. The van der Waals surface area contributed by atoms with E-state index >= 15 is 0 Å². The number of anilines is 1. The van der Waals surface area contributed by atoms with Crippen molar-refractivity contribution in [1.29, 1.82) is 0 Å². The van der Waals surface area contributed by atoms with Gasteiger partial charge in [-0.2, -0.15) is 0 Å². The Morgan fingerprint density at radius 2 is 1.90 bits per heavy atom. The lowest BCUT2D eigenvalue weighted by molar-refractivity contribution is 0.0891. The first kappa shape index (κ1) is 14.3. The smallest absolute Gasteiger partial charge is 0.131 e. The second-order valence-electron chi connectivity index (χ2n) is 4.26. The first-order valence-electron chi connectivity index (χ1n) is 6.83. The number of nitrogens with one attached hydrogen (secondary N) is 1. The molecule has 0 aliphatic carbocycles. The van der Waals surface area contributed by atoms with E-state index in [9.17, 15) is 0 Å². The normalized spacial score (nSPS) is 10.2. The fourth-order valence-electron chi connectivity index (χ4n) is 1.80. The Balaban J connectivity index is 1.71. The van der Waals surface area contributed by atoms with Gasteiger partial charge in [-0.25, -0.2) is 4.98 Å². The van der Waals surface area contributed by atoms with Crippen LogP contribution in [0.1, 0.15) is 12.5 Å². The molecule has 2 aromatic rings. The summed E-state index contributed by atoms with van der Waals surface area (Å²) in [7, 11) is 0. The average molecular weight is 272 g/mol. The maximum atomic E-state index is 5.62. The molecule has 1 heterocycles. The van der Waals surface area contributed by atoms with Gasteiger partial charge in [0.25, 0.3) is 0 Å². The number of benzene rings is 1. The predicted octanol–water partition coefficient (Wildman–Crippen LogP) is 3.11. The zero-order valence-electron chi connectivity index (χ0n) is 11.7. The number of hydrogen-bond donors (Lipinski definition) is 1. The van der Waals surface area contributed by atoms with Crippen molar-refractivity contribution in [2.45, 2.75) is 13.5 Å². The highest BCUT2D eigenvalue weighted by atomic mass is 16.5. The van der Waals surface area contributed by atoms with Gasteiger partial charge in [-0.1, -0.05) is 24.3 Å². The minimum Gasteiger partial charge on any atom is -0.491 e. The van der Waals surface area contributed by atoms with Crippen LogP contribution in [0.3, 0.4) is 0 Å². The Bertz CT molecular complexity index is 503. The van der Waals surface area contributed by atoms with E-state index < -0.39 is 0 Å². The van der Waals surface area contributed by atoms with Crippen LogP contribution in [0.4, 0.5) is 5.82 Å². The first-order valence-corrected chi connectivity index (χ1v) is 6.83. The van der Waals surface area contributed by atoms with Crippen LogP contribution in [-0.2, 0) is 11.3 Å². The molecule has 1 N–H and O–H groups in total. The summed E-state index contributed by atoms with van der Waals surface area (Å²) in [6, 6.07) is 13.7. The zero-order valence-corrected chi connectivity index (χ0v) is 11.7. The number of aromatic nitrogens is 1. The van der Waals surface area contributed by atoms with E-state index in [0.29, 0.717) is 19.8 Å². The van der Waals surface area contributed by atoms with Crippen molar-refractivity contribution in [2.24, 2.45) is 0 Å². The summed E-state index contributed by atoms with van der Waals surface area (Å²) in [6.45, 7) is 4.53. The number of rotatable bonds is 8. The molecular formula is C16H20N2O2. The summed E-state index contributed by atoms with van der Waals surface area (Å²) in [5, 5.41) is 3.22. The summed E-state index contributed by atoms with van der Waals surface area (Å²) >= 11 is 0. The van der Waals surface area contributed by atoms with Crippen molar-refractivity contribution in [3.8, 4) is 5.75 Å². The molecule has 20 heavy (non-hydrogen) atoms. The molecule has 0 amide bonds. The van der Waals surface area contributed by atoms with Gasteiger partial charge in [-0.15, -0.1) is 0 Å². The van der Waals surface area contributed by atoms with E-state index in [0.717, 1.165) is 23.7 Å². The Morgan fingerprint density at radius 1 is 1.05 bits per heavy atom. The fraction of sp³-hybridized carbons (Fsp3) is 0.312. The lowest BCUT2D eigenvalue weighted by atomic mass is 10.2. The van der Waals surface area contributed by atoms with Crippen LogP contribution in [-0.4, -0.2) is 24.7 Å². The molecule has 4 heteroatoms. The molecule has 0 unspecified atom stereocenters. The van der Waals surface area contributed by atoms with Crippen molar-refractivity contribution in [2.75, 3.05) is 25.1 Å². The molecule has 0 fully saturated rings. The third-order valence-corrected chi connectivity index (χ3v) is 2.73. The topological polar surface area (TPSA) is 43.4 Å². The molecule has 0 saturated heterocycles. The molecule has 0 spiro atoms. The van der Waals surface area contributed by atoms with E-state index in [-0.39, 0.29) is 0 Å². The Labute approximate surface area is 119 Å². The maximum absolute atomic E-state index is 5.62. The van der Waals surface area contributed by atoms with Crippen molar-refractivity contribution in [1.82, 2.24) is 4.98 Å². The highest BCUT2D eigenvalue weighted by Gasteiger charge is 2.02. The van der Waals surface area contributed by atoms with E-state index in [2.05, 4.69) is 10.3 Å². The monoisotopic (exact) mass is 272 g/mol. The Kier molecular flexibility index (Phi) is 5.86. The van der Waals surface area contributed by atoms with E-state index in [1.165, 1.54) is 0 Å². The van der Waals surface area contributed by atoms with Gasteiger partial charge in [-0.3, -0.25) is 0 Å². The SMILES string of the molecule is CCNc1ncccc1COCCOc1ccccc1. The van der Waals surface area contributed by atoms with Gasteiger partial charge in [0, 0.05) is 18.3 Å². The maximum Gasteiger partial charge on any atom is 0.131 e. The highest BCUT2D eigenvalue weighted by Crippen LogP contribution is 2.12. The Morgan fingerprint density at radius 3 is 2.70 bits per heavy atom. The summed E-state index contributed by atoms with van der Waals surface area (Å²) in [5.41, 5.74) is 1.06. The zero-order chi connectivity index (χ0) is 14.0. The lowest BCUT2D eigenvalue weighted by Crippen LogP contribution is -2.08. The van der Waals surface area contributed by atoms with Gasteiger partial charge in [0.05, 0.1) is 13.2 Å². The molecular weight excluding hydrogens is 252 g/mol. The lowest BCUT2D eigenvalue weighted by Gasteiger charge is -2.10. The number of hydrogen-bond acceptors (Lipinski definition) is 4. The molecule has 2 rings (SSSR count).